The lowest BCUT2D eigenvalue weighted by atomic mass is 10.1. The van der Waals surface area contributed by atoms with Gasteiger partial charge < -0.3 is 4.90 Å². The number of alkyl halides is 2. The normalized spacial score (nSPS) is 12.3. The molecule has 1 unspecified atom stereocenters. The van der Waals surface area contributed by atoms with Crippen molar-refractivity contribution >= 4 is 11.6 Å². The Morgan fingerprint density at radius 2 is 2.06 bits per heavy atom. The molecule has 1 amide bonds. The second kappa shape index (κ2) is 5.52. The van der Waals surface area contributed by atoms with Gasteiger partial charge in [-0.25, -0.2) is 0 Å². The number of benzene rings is 1. The molecule has 0 bridgehead atoms. The molecule has 1 rings (SSSR count). The molecule has 98 valence electrons. The Hall–Kier alpha value is -2.05. The van der Waals surface area contributed by atoms with Gasteiger partial charge in [-0.2, -0.15) is 8.78 Å². The first kappa shape index (κ1) is 14.0. The summed E-state index contributed by atoms with van der Waals surface area (Å²) < 4.78 is 24.5. The molecule has 0 fully saturated rings. The van der Waals surface area contributed by atoms with Crippen LogP contribution in [0.25, 0.3) is 0 Å². The van der Waals surface area contributed by atoms with Crippen LogP contribution < -0.4 is 0 Å². The van der Waals surface area contributed by atoms with E-state index in [0.717, 1.165) is 4.90 Å². The van der Waals surface area contributed by atoms with Crippen LogP contribution in [0.2, 0.25) is 0 Å². The van der Waals surface area contributed by atoms with Crippen LogP contribution in [0.4, 0.5) is 14.5 Å². The van der Waals surface area contributed by atoms with Gasteiger partial charge in [-0.05, 0) is 12.5 Å². The van der Waals surface area contributed by atoms with Crippen molar-refractivity contribution in [3.8, 4) is 0 Å². The van der Waals surface area contributed by atoms with E-state index < -0.39 is 23.3 Å². The van der Waals surface area contributed by atoms with E-state index in [9.17, 15) is 23.7 Å². The van der Waals surface area contributed by atoms with Crippen LogP contribution in [0.15, 0.2) is 24.3 Å². The summed E-state index contributed by atoms with van der Waals surface area (Å²) in [5.74, 6) is -1.31. The third-order valence-electron chi connectivity index (χ3n) is 2.68. The third kappa shape index (κ3) is 2.99. The Kier molecular flexibility index (Phi) is 4.30. The fourth-order valence-corrected chi connectivity index (χ4v) is 1.47. The van der Waals surface area contributed by atoms with E-state index in [1.54, 1.807) is 6.07 Å². The molecule has 5 nitrogen and oxygen atoms in total. The molecule has 0 radical (unpaired) electrons. The van der Waals surface area contributed by atoms with E-state index in [1.807, 2.05) is 0 Å². The largest absolute Gasteiger partial charge is 0.334 e. The zero-order valence-corrected chi connectivity index (χ0v) is 9.84. The second-order valence-corrected chi connectivity index (χ2v) is 3.78. The van der Waals surface area contributed by atoms with Crippen molar-refractivity contribution in [2.45, 2.75) is 19.4 Å². The molecule has 0 N–H and O–H groups in total. The highest BCUT2D eigenvalue weighted by Gasteiger charge is 2.25. The summed E-state index contributed by atoms with van der Waals surface area (Å²) >= 11 is 0. The van der Waals surface area contributed by atoms with Crippen molar-refractivity contribution in [1.29, 1.82) is 0 Å². The first-order valence-corrected chi connectivity index (χ1v) is 5.13. The van der Waals surface area contributed by atoms with E-state index in [0.29, 0.717) is 5.56 Å². The zero-order chi connectivity index (χ0) is 13.9. The summed E-state index contributed by atoms with van der Waals surface area (Å²) in [4.78, 5) is 22.0. The molecule has 0 aromatic heterocycles. The third-order valence-corrected chi connectivity index (χ3v) is 2.68. The Balaban J connectivity index is 2.96. The molecule has 0 saturated carbocycles. The molecule has 1 aromatic carbocycles. The maximum absolute atomic E-state index is 12.3. The molecule has 0 saturated heterocycles. The number of nitrogens with zero attached hydrogens (tertiary/aromatic N) is 2. The van der Waals surface area contributed by atoms with Crippen molar-refractivity contribution in [3.63, 3.8) is 0 Å². The smallest absolute Gasteiger partial charge is 0.315 e. The van der Waals surface area contributed by atoms with E-state index in [2.05, 4.69) is 0 Å². The van der Waals surface area contributed by atoms with Gasteiger partial charge in [0.1, 0.15) is 0 Å². The summed E-state index contributed by atoms with van der Waals surface area (Å²) in [5.41, 5.74) is 0.290. The zero-order valence-electron chi connectivity index (χ0n) is 9.84. The summed E-state index contributed by atoms with van der Waals surface area (Å²) in [5, 5.41) is 10.6. The molecular weight excluding hydrogens is 246 g/mol. The molecule has 7 heteroatoms. The Morgan fingerprint density at radius 3 is 2.56 bits per heavy atom. The van der Waals surface area contributed by atoms with Crippen molar-refractivity contribution in [3.05, 3.63) is 39.9 Å². The van der Waals surface area contributed by atoms with Gasteiger partial charge in [0.2, 0.25) is 0 Å². The molecule has 0 spiro atoms. The minimum absolute atomic E-state index is 0.141. The summed E-state index contributed by atoms with van der Waals surface area (Å²) in [6.07, 6.45) is -3.09. The standard InChI is InChI=1S/C11H12F2N2O3/c1-7(14(2)11(16)10(12)13)8-4-3-5-9(6-8)15(17)18/h3-7,10H,1-2H3. The monoisotopic (exact) mass is 258 g/mol. The number of halogens is 2. The number of hydrogen-bond donors (Lipinski definition) is 0. The van der Waals surface area contributed by atoms with Crippen LogP contribution in [0, 0.1) is 10.1 Å². The molecule has 1 atom stereocenters. The fraction of sp³-hybridized carbons (Fsp3) is 0.364. The number of hydrogen-bond acceptors (Lipinski definition) is 3. The number of carbonyl (C=O) groups excluding carboxylic acids is 1. The predicted molar refractivity (Wildman–Crippen MR) is 60.3 cm³/mol. The quantitative estimate of drug-likeness (QED) is 0.615. The Bertz CT molecular complexity index is 465. The Labute approximate surface area is 102 Å². The number of nitro benzene ring substituents is 1. The minimum atomic E-state index is -3.09. The van der Waals surface area contributed by atoms with Gasteiger partial charge in [-0.1, -0.05) is 12.1 Å². The molecule has 0 aliphatic rings. The first-order valence-electron chi connectivity index (χ1n) is 5.13. The van der Waals surface area contributed by atoms with E-state index in [-0.39, 0.29) is 5.69 Å². The van der Waals surface area contributed by atoms with Crippen molar-refractivity contribution in [2.24, 2.45) is 0 Å². The van der Waals surface area contributed by atoms with Gasteiger partial charge in [0, 0.05) is 19.2 Å². The average Bonchev–Trinajstić information content (AvgIpc) is 2.36. The lowest BCUT2D eigenvalue weighted by Gasteiger charge is -2.24. The van der Waals surface area contributed by atoms with Crippen LogP contribution in [0.1, 0.15) is 18.5 Å². The van der Waals surface area contributed by atoms with Crippen molar-refractivity contribution in [2.75, 3.05) is 7.05 Å². The van der Waals surface area contributed by atoms with E-state index >= 15 is 0 Å². The van der Waals surface area contributed by atoms with Crippen molar-refractivity contribution in [1.82, 2.24) is 4.90 Å². The highest BCUT2D eigenvalue weighted by Crippen LogP contribution is 2.23. The molecule has 0 aliphatic heterocycles. The maximum Gasteiger partial charge on any atom is 0.315 e. The van der Waals surface area contributed by atoms with Gasteiger partial charge in [-0.3, -0.25) is 14.9 Å². The topological polar surface area (TPSA) is 63.5 Å². The molecular formula is C11H12F2N2O3. The van der Waals surface area contributed by atoms with Crippen LogP contribution in [0.5, 0.6) is 0 Å². The number of amides is 1. The molecule has 0 aliphatic carbocycles. The van der Waals surface area contributed by atoms with Crippen molar-refractivity contribution < 1.29 is 18.5 Å². The lowest BCUT2D eigenvalue weighted by molar-refractivity contribution is -0.384. The minimum Gasteiger partial charge on any atom is -0.334 e. The first-order chi connectivity index (χ1) is 8.34. The predicted octanol–water partition coefficient (Wildman–Crippen LogP) is 2.38. The SMILES string of the molecule is CC(c1cccc([N+](=O)[O-])c1)N(C)C(=O)C(F)F. The van der Waals surface area contributed by atoms with Gasteiger partial charge >= 0.3 is 6.43 Å². The van der Waals surface area contributed by atoms with Gasteiger partial charge in [0.15, 0.2) is 0 Å². The lowest BCUT2D eigenvalue weighted by Crippen LogP contribution is -2.34. The summed E-state index contributed by atoms with van der Waals surface area (Å²) in [6.45, 7) is 1.53. The van der Waals surface area contributed by atoms with Crippen LogP contribution in [-0.2, 0) is 4.79 Å². The Morgan fingerprint density at radius 1 is 1.44 bits per heavy atom. The average molecular weight is 258 g/mol. The van der Waals surface area contributed by atoms with Crippen LogP contribution >= 0.6 is 0 Å². The van der Waals surface area contributed by atoms with Crippen LogP contribution in [0.3, 0.4) is 0 Å². The van der Waals surface area contributed by atoms with Gasteiger partial charge in [-0.15, -0.1) is 0 Å². The van der Waals surface area contributed by atoms with E-state index in [1.165, 1.54) is 32.2 Å². The number of nitro groups is 1. The molecule has 0 heterocycles. The number of rotatable bonds is 4. The molecule has 1 aromatic rings. The van der Waals surface area contributed by atoms with Gasteiger partial charge in [0.05, 0.1) is 11.0 Å². The van der Waals surface area contributed by atoms with Gasteiger partial charge in [0.25, 0.3) is 11.6 Å². The fourth-order valence-electron chi connectivity index (χ4n) is 1.47. The maximum atomic E-state index is 12.3. The highest BCUT2D eigenvalue weighted by molar-refractivity contribution is 5.79. The van der Waals surface area contributed by atoms with E-state index in [4.69, 9.17) is 0 Å². The number of carbonyl (C=O) groups is 1. The summed E-state index contributed by atoms with van der Waals surface area (Å²) in [6, 6.07) is 4.90. The number of non-ortho nitro benzene ring substituents is 1. The molecule has 18 heavy (non-hydrogen) atoms. The highest BCUT2D eigenvalue weighted by atomic mass is 19.3. The summed E-state index contributed by atoms with van der Waals surface area (Å²) in [7, 11) is 1.23. The van der Waals surface area contributed by atoms with Crippen LogP contribution in [-0.4, -0.2) is 29.2 Å². The second-order valence-electron chi connectivity index (χ2n) is 3.78.